The Balaban J connectivity index is 2.07. The maximum absolute atomic E-state index is 6.07. The highest BCUT2D eigenvalue weighted by Crippen LogP contribution is 2.29. The van der Waals surface area contributed by atoms with E-state index in [1.807, 2.05) is 23.5 Å². The summed E-state index contributed by atoms with van der Waals surface area (Å²) in [5, 5.41) is 3.08. The van der Waals surface area contributed by atoms with E-state index in [0.717, 1.165) is 27.8 Å². The maximum atomic E-state index is 6.07. The van der Waals surface area contributed by atoms with Crippen molar-refractivity contribution in [3.63, 3.8) is 0 Å². The number of hydrogen-bond acceptors (Lipinski definition) is 6. The van der Waals surface area contributed by atoms with Crippen molar-refractivity contribution in [1.82, 2.24) is 9.97 Å². The van der Waals surface area contributed by atoms with E-state index in [-0.39, 0.29) is 6.04 Å². The van der Waals surface area contributed by atoms with Gasteiger partial charge >= 0.3 is 0 Å². The van der Waals surface area contributed by atoms with E-state index < -0.39 is 0 Å². The fourth-order valence-electron chi connectivity index (χ4n) is 1.28. The zero-order valence-corrected chi connectivity index (χ0v) is 11.4. The van der Waals surface area contributed by atoms with Crippen molar-refractivity contribution in [1.29, 1.82) is 0 Å². The molecule has 2 aromatic heterocycles. The van der Waals surface area contributed by atoms with Gasteiger partial charge in [0.15, 0.2) is 0 Å². The summed E-state index contributed by atoms with van der Waals surface area (Å²) < 4.78 is 0. The Labute approximate surface area is 107 Å². The van der Waals surface area contributed by atoms with Gasteiger partial charge in [-0.1, -0.05) is 0 Å². The Kier molecular flexibility index (Phi) is 4.34. The Bertz CT molecular complexity index is 424. The lowest BCUT2D eigenvalue weighted by Gasteiger charge is -2.06. The third-order valence-electron chi connectivity index (χ3n) is 2.18. The van der Waals surface area contributed by atoms with Gasteiger partial charge in [0.05, 0.1) is 16.1 Å². The maximum Gasteiger partial charge on any atom is 0.135 e. The summed E-state index contributed by atoms with van der Waals surface area (Å²) in [4.78, 5) is 9.73. The van der Waals surface area contributed by atoms with Crippen LogP contribution in [0.25, 0.3) is 9.88 Å². The molecule has 0 fully saturated rings. The third kappa shape index (κ3) is 2.82. The van der Waals surface area contributed by atoms with E-state index in [0.29, 0.717) is 0 Å². The van der Waals surface area contributed by atoms with Gasteiger partial charge in [0.25, 0.3) is 0 Å². The van der Waals surface area contributed by atoms with Crippen LogP contribution in [0.2, 0.25) is 0 Å². The molecule has 3 nitrogen and oxygen atoms in total. The van der Waals surface area contributed by atoms with Gasteiger partial charge in [-0.15, -0.1) is 22.7 Å². The summed E-state index contributed by atoms with van der Waals surface area (Å²) in [5.41, 5.74) is 8.89. The van der Waals surface area contributed by atoms with Gasteiger partial charge in [0.2, 0.25) is 0 Å². The SMILES string of the molecule is CSCCC(N)c1csc(-c2cncs2)n1. The zero-order valence-electron chi connectivity index (χ0n) is 8.92. The monoisotopic (exact) mass is 271 g/mol. The van der Waals surface area contributed by atoms with E-state index >= 15 is 0 Å². The van der Waals surface area contributed by atoms with Crippen LogP contribution in [-0.4, -0.2) is 22.0 Å². The van der Waals surface area contributed by atoms with Gasteiger partial charge in [0.1, 0.15) is 5.01 Å². The molecule has 2 N–H and O–H groups in total. The molecule has 0 bridgehead atoms. The molecule has 16 heavy (non-hydrogen) atoms. The summed E-state index contributed by atoms with van der Waals surface area (Å²) in [6, 6.07) is 0.0605. The first-order valence-corrected chi connectivity index (χ1v) is 8.05. The molecule has 0 aliphatic carbocycles. The first-order chi connectivity index (χ1) is 7.81. The molecule has 86 valence electrons. The Morgan fingerprint density at radius 1 is 1.50 bits per heavy atom. The smallest absolute Gasteiger partial charge is 0.135 e. The second-order valence-electron chi connectivity index (χ2n) is 3.33. The van der Waals surface area contributed by atoms with Crippen molar-refractivity contribution in [2.75, 3.05) is 12.0 Å². The van der Waals surface area contributed by atoms with Crippen molar-refractivity contribution in [2.45, 2.75) is 12.5 Å². The van der Waals surface area contributed by atoms with Crippen molar-refractivity contribution < 1.29 is 0 Å². The molecule has 1 atom stereocenters. The lowest BCUT2D eigenvalue weighted by molar-refractivity contribution is 0.687. The van der Waals surface area contributed by atoms with Crippen molar-refractivity contribution in [3.8, 4) is 9.88 Å². The number of nitrogens with zero attached hydrogens (tertiary/aromatic N) is 2. The lowest BCUT2D eigenvalue weighted by atomic mass is 10.2. The normalized spacial score (nSPS) is 12.9. The average molecular weight is 271 g/mol. The number of aromatic nitrogens is 2. The van der Waals surface area contributed by atoms with Crippen LogP contribution in [0.1, 0.15) is 18.2 Å². The quantitative estimate of drug-likeness (QED) is 0.908. The van der Waals surface area contributed by atoms with Crippen LogP contribution in [0.4, 0.5) is 0 Å². The molecule has 2 heterocycles. The molecular formula is C10H13N3S3. The molecule has 2 rings (SSSR count). The highest BCUT2D eigenvalue weighted by atomic mass is 32.2. The van der Waals surface area contributed by atoms with Crippen molar-refractivity contribution in [3.05, 3.63) is 22.8 Å². The van der Waals surface area contributed by atoms with Gasteiger partial charge in [-0.25, -0.2) is 4.98 Å². The Morgan fingerprint density at radius 2 is 2.38 bits per heavy atom. The number of nitrogens with two attached hydrogens (primary N) is 1. The van der Waals surface area contributed by atoms with Crippen molar-refractivity contribution >= 4 is 34.4 Å². The summed E-state index contributed by atoms with van der Waals surface area (Å²) in [7, 11) is 0. The minimum absolute atomic E-state index is 0.0605. The molecule has 1 unspecified atom stereocenters. The van der Waals surface area contributed by atoms with Gasteiger partial charge in [0, 0.05) is 17.6 Å². The van der Waals surface area contributed by atoms with Crippen molar-refractivity contribution in [2.24, 2.45) is 5.73 Å². The van der Waals surface area contributed by atoms with Crippen LogP contribution in [0.3, 0.4) is 0 Å². The molecule has 0 aliphatic heterocycles. The fraction of sp³-hybridized carbons (Fsp3) is 0.400. The standard InChI is InChI=1S/C10H13N3S3/c1-14-3-2-7(11)8-5-15-10(13-8)9-4-12-6-16-9/h4-7H,2-3,11H2,1H3. The van der Waals surface area contributed by atoms with E-state index in [2.05, 4.69) is 21.6 Å². The summed E-state index contributed by atoms with van der Waals surface area (Å²) >= 11 is 5.07. The van der Waals surface area contributed by atoms with Crippen LogP contribution in [0.5, 0.6) is 0 Å². The highest BCUT2D eigenvalue weighted by Gasteiger charge is 2.11. The van der Waals surface area contributed by atoms with Crippen LogP contribution < -0.4 is 5.73 Å². The van der Waals surface area contributed by atoms with Gasteiger partial charge < -0.3 is 5.73 Å². The zero-order chi connectivity index (χ0) is 11.4. The first kappa shape index (κ1) is 12.0. The molecule has 0 saturated heterocycles. The number of rotatable bonds is 5. The first-order valence-electron chi connectivity index (χ1n) is 4.90. The third-order valence-corrected chi connectivity index (χ3v) is 4.62. The topological polar surface area (TPSA) is 51.8 Å². The molecule has 0 spiro atoms. The second-order valence-corrected chi connectivity index (χ2v) is 6.06. The minimum Gasteiger partial charge on any atom is -0.323 e. The Hall–Kier alpha value is -0.430. The summed E-state index contributed by atoms with van der Waals surface area (Å²) in [6.07, 6.45) is 4.92. The predicted molar refractivity (Wildman–Crippen MR) is 73.1 cm³/mol. The molecule has 0 saturated carbocycles. The summed E-state index contributed by atoms with van der Waals surface area (Å²) in [5.74, 6) is 1.08. The molecule has 0 aromatic carbocycles. The largest absolute Gasteiger partial charge is 0.323 e. The van der Waals surface area contributed by atoms with E-state index in [4.69, 9.17) is 5.73 Å². The number of thiazole rings is 2. The number of hydrogen-bond donors (Lipinski definition) is 1. The van der Waals surface area contributed by atoms with Crippen LogP contribution in [0.15, 0.2) is 17.1 Å². The van der Waals surface area contributed by atoms with E-state index in [9.17, 15) is 0 Å². The second kappa shape index (κ2) is 5.77. The summed E-state index contributed by atoms with van der Waals surface area (Å²) in [6.45, 7) is 0. The van der Waals surface area contributed by atoms with E-state index in [1.165, 1.54) is 0 Å². The average Bonchev–Trinajstić information content (AvgIpc) is 2.94. The van der Waals surface area contributed by atoms with Gasteiger partial charge in [-0.05, 0) is 18.4 Å². The molecule has 0 amide bonds. The lowest BCUT2D eigenvalue weighted by Crippen LogP contribution is -2.11. The molecule has 6 heteroatoms. The van der Waals surface area contributed by atoms with Gasteiger partial charge in [-0.2, -0.15) is 11.8 Å². The Morgan fingerprint density at radius 3 is 3.06 bits per heavy atom. The van der Waals surface area contributed by atoms with Crippen LogP contribution >= 0.6 is 34.4 Å². The molecular weight excluding hydrogens is 258 g/mol. The molecule has 0 radical (unpaired) electrons. The molecule has 2 aromatic rings. The van der Waals surface area contributed by atoms with Crippen LogP contribution in [0, 0.1) is 0 Å². The highest BCUT2D eigenvalue weighted by molar-refractivity contribution is 7.98. The minimum atomic E-state index is 0.0605. The van der Waals surface area contributed by atoms with Crippen LogP contribution in [-0.2, 0) is 0 Å². The number of thioether (sulfide) groups is 1. The van der Waals surface area contributed by atoms with E-state index in [1.54, 1.807) is 22.7 Å². The predicted octanol–water partition coefficient (Wildman–Crippen LogP) is 3.02. The molecule has 0 aliphatic rings. The van der Waals surface area contributed by atoms with Gasteiger partial charge in [-0.3, -0.25) is 4.98 Å². The fourth-order valence-corrected chi connectivity index (χ4v) is 3.35.